The van der Waals surface area contributed by atoms with Crippen molar-refractivity contribution in [2.24, 2.45) is 5.41 Å². The molecule has 15 heavy (non-hydrogen) atoms. The molecule has 0 aromatic rings. The molecule has 0 aromatic carbocycles. The molecule has 0 aliphatic rings. The Morgan fingerprint density at radius 3 is 1.87 bits per heavy atom. The van der Waals surface area contributed by atoms with Crippen LogP contribution in [-0.4, -0.2) is 46.9 Å². The average Bonchev–Trinajstić information content (AvgIpc) is 2.14. The smallest absolute Gasteiger partial charge is 0.146 e. The van der Waals surface area contributed by atoms with Crippen LogP contribution in [0.25, 0.3) is 0 Å². The lowest BCUT2D eigenvalue weighted by Crippen LogP contribution is -2.17. The first-order valence-electron chi connectivity index (χ1n) is 5.28. The number of hydrogen-bond donors (Lipinski definition) is 0. The van der Waals surface area contributed by atoms with Crippen LogP contribution in [0.3, 0.4) is 0 Å². The van der Waals surface area contributed by atoms with Gasteiger partial charge in [0.05, 0.1) is 33.0 Å². The molecule has 0 aliphatic heterocycles. The van der Waals surface area contributed by atoms with Crippen LogP contribution in [-0.2, 0) is 18.9 Å². The second kappa shape index (κ2) is 9.09. The van der Waals surface area contributed by atoms with Crippen LogP contribution in [0.2, 0.25) is 0 Å². The average molecular weight is 220 g/mol. The van der Waals surface area contributed by atoms with Crippen molar-refractivity contribution < 1.29 is 18.9 Å². The molecular weight excluding hydrogens is 196 g/mol. The van der Waals surface area contributed by atoms with Gasteiger partial charge in [-0.25, -0.2) is 0 Å². The minimum atomic E-state index is 0.224. The van der Waals surface area contributed by atoms with Gasteiger partial charge in [-0.3, -0.25) is 0 Å². The maximum atomic E-state index is 5.44. The first kappa shape index (κ1) is 14.8. The van der Waals surface area contributed by atoms with Crippen molar-refractivity contribution in [1.29, 1.82) is 0 Å². The lowest BCUT2D eigenvalue weighted by atomic mass is 9.99. The Balaban J connectivity index is 2.99. The van der Waals surface area contributed by atoms with E-state index in [-0.39, 0.29) is 5.41 Å². The summed E-state index contributed by atoms with van der Waals surface area (Å²) in [6.07, 6.45) is 0. The highest BCUT2D eigenvalue weighted by Crippen LogP contribution is 2.12. The molecule has 4 nitrogen and oxygen atoms in total. The summed E-state index contributed by atoms with van der Waals surface area (Å²) in [6, 6.07) is 0. The lowest BCUT2D eigenvalue weighted by molar-refractivity contribution is -0.0571. The van der Waals surface area contributed by atoms with Crippen LogP contribution in [0.15, 0.2) is 0 Å². The van der Waals surface area contributed by atoms with Gasteiger partial charge < -0.3 is 18.9 Å². The van der Waals surface area contributed by atoms with Crippen molar-refractivity contribution in [3.8, 4) is 0 Å². The van der Waals surface area contributed by atoms with Crippen LogP contribution in [0.5, 0.6) is 0 Å². The molecule has 0 spiro atoms. The van der Waals surface area contributed by atoms with Gasteiger partial charge in [0.25, 0.3) is 0 Å². The number of ether oxygens (including phenoxy) is 4. The molecule has 0 atom stereocenters. The van der Waals surface area contributed by atoms with Crippen LogP contribution in [0.4, 0.5) is 0 Å². The summed E-state index contributed by atoms with van der Waals surface area (Å²) in [6.45, 7) is 9.93. The Hall–Kier alpha value is -0.160. The first-order valence-corrected chi connectivity index (χ1v) is 5.28. The van der Waals surface area contributed by atoms with Gasteiger partial charge in [0.1, 0.15) is 6.79 Å². The van der Waals surface area contributed by atoms with Gasteiger partial charge in [-0.15, -0.1) is 0 Å². The topological polar surface area (TPSA) is 36.9 Å². The van der Waals surface area contributed by atoms with Gasteiger partial charge in [0, 0.05) is 7.11 Å². The third-order valence-corrected chi connectivity index (χ3v) is 1.48. The monoisotopic (exact) mass is 220 g/mol. The van der Waals surface area contributed by atoms with Gasteiger partial charge in [-0.2, -0.15) is 0 Å². The van der Waals surface area contributed by atoms with Gasteiger partial charge in [0.2, 0.25) is 0 Å². The summed E-state index contributed by atoms with van der Waals surface area (Å²) >= 11 is 0. The molecule has 0 saturated carbocycles. The van der Waals surface area contributed by atoms with Gasteiger partial charge in [-0.05, 0) is 5.41 Å². The zero-order chi connectivity index (χ0) is 11.6. The quantitative estimate of drug-likeness (QED) is 0.437. The van der Waals surface area contributed by atoms with Gasteiger partial charge >= 0.3 is 0 Å². The summed E-state index contributed by atoms with van der Waals surface area (Å²) in [5.74, 6) is 0. The second-order valence-corrected chi connectivity index (χ2v) is 4.54. The third-order valence-electron chi connectivity index (χ3n) is 1.48. The maximum Gasteiger partial charge on any atom is 0.146 e. The molecule has 0 N–H and O–H groups in total. The highest BCUT2D eigenvalue weighted by atomic mass is 16.7. The van der Waals surface area contributed by atoms with Crippen molar-refractivity contribution in [3.63, 3.8) is 0 Å². The Bertz CT molecular complexity index is 131. The molecule has 92 valence electrons. The minimum absolute atomic E-state index is 0.224. The molecule has 0 bridgehead atoms. The van der Waals surface area contributed by atoms with E-state index in [1.807, 2.05) is 0 Å². The van der Waals surface area contributed by atoms with Crippen LogP contribution >= 0.6 is 0 Å². The normalized spacial score (nSPS) is 12.0. The zero-order valence-electron chi connectivity index (χ0n) is 10.4. The molecule has 4 heteroatoms. The van der Waals surface area contributed by atoms with E-state index in [0.29, 0.717) is 33.2 Å². The molecule has 0 rings (SSSR count). The summed E-state index contributed by atoms with van der Waals surface area (Å²) in [7, 11) is 1.60. The largest absolute Gasteiger partial charge is 0.379 e. The van der Waals surface area contributed by atoms with E-state index >= 15 is 0 Å². The van der Waals surface area contributed by atoms with E-state index in [9.17, 15) is 0 Å². The first-order chi connectivity index (χ1) is 7.06. The Labute approximate surface area is 92.8 Å². The predicted octanol–water partition coefficient (Wildman–Crippen LogP) is 1.69. The van der Waals surface area contributed by atoms with Crippen LogP contribution < -0.4 is 0 Å². The van der Waals surface area contributed by atoms with Crippen molar-refractivity contribution in [1.82, 2.24) is 0 Å². The Morgan fingerprint density at radius 1 is 0.800 bits per heavy atom. The highest BCUT2D eigenvalue weighted by molar-refractivity contribution is 4.58. The fourth-order valence-corrected chi connectivity index (χ4v) is 0.858. The molecule has 0 amide bonds. The van der Waals surface area contributed by atoms with E-state index in [0.717, 1.165) is 6.61 Å². The number of rotatable bonds is 9. The van der Waals surface area contributed by atoms with Crippen molar-refractivity contribution in [2.45, 2.75) is 20.8 Å². The van der Waals surface area contributed by atoms with Crippen molar-refractivity contribution in [2.75, 3.05) is 46.9 Å². The molecule has 0 unspecified atom stereocenters. The molecule has 0 saturated heterocycles. The molecule has 0 radical (unpaired) electrons. The number of methoxy groups -OCH3 is 1. The van der Waals surface area contributed by atoms with E-state index < -0.39 is 0 Å². The Kier molecular flexibility index (Phi) is 9.00. The third kappa shape index (κ3) is 13.8. The molecule has 0 heterocycles. The summed E-state index contributed by atoms with van der Waals surface area (Å²) in [5, 5.41) is 0. The minimum Gasteiger partial charge on any atom is -0.379 e. The Morgan fingerprint density at radius 2 is 1.33 bits per heavy atom. The highest BCUT2D eigenvalue weighted by Gasteiger charge is 2.09. The van der Waals surface area contributed by atoms with Gasteiger partial charge in [0.15, 0.2) is 0 Å². The van der Waals surface area contributed by atoms with Crippen LogP contribution in [0, 0.1) is 5.41 Å². The summed E-state index contributed by atoms with van der Waals surface area (Å²) in [4.78, 5) is 0. The van der Waals surface area contributed by atoms with E-state index in [1.54, 1.807) is 7.11 Å². The second-order valence-electron chi connectivity index (χ2n) is 4.54. The molecule has 0 aromatic heterocycles. The molecule has 0 fully saturated rings. The predicted molar refractivity (Wildman–Crippen MR) is 58.9 cm³/mol. The van der Waals surface area contributed by atoms with E-state index in [1.165, 1.54) is 0 Å². The number of hydrogen-bond acceptors (Lipinski definition) is 4. The van der Waals surface area contributed by atoms with Crippen molar-refractivity contribution in [3.05, 3.63) is 0 Å². The fourth-order valence-electron chi connectivity index (χ4n) is 0.858. The van der Waals surface area contributed by atoms with Gasteiger partial charge in [-0.1, -0.05) is 20.8 Å². The summed E-state index contributed by atoms with van der Waals surface area (Å²) in [5.41, 5.74) is 0.224. The lowest BCUT2D eigenvalue weighted by Gasteiger charge is -2.17. The standard InChI is InChI=1S/C11H24O4/c1-11(2,3)9-14-7-5-13-6-8-15-10-12-4/h5-10H2,1-4H3. The fraction of sp³-hybridized carbons (Fsp3) is 1.00. The SMILES string of the molecule is COCOCCOCCOCC(C)(C)C. The molecule has 0 aliphatic carbocycles. The summed E-state index contributed by atoms with van der Waals surface area (Å²) < 4.78 is 20.5. The van der Waals surface area contributed by atoms with E-state index in [4.69, 9.17) is 18.9 Å². The molecular formula is C11H24O4. The van der Waals surface area contributed by atoms with Crippen molar-refractivity contribution >= 4 is 0 Å². The van der Waals surface area contributed by atoms with Crippen LogP contribution in [0.1, 0.15) is 20.8 Å². The maximum absolute atomic E-state index is 5.44. The van der Waals surface area contributed by atoms with E-state index in [2.05, 4.69) is 20.8 Å². The zero-order valence-corrected chi connectivity index (χ0v) is 10.4.